The van der Waals surface area contributed by atoms with E-state index in [4.69, 9.17) is 33.2 Å². The van der Waals surface area contributed by atoms with E-state index in [1.807, 2.05) is 20.8 Å². The number of imide groups is 2. The van der Waals surface area contributed by atoms with Crippen molar-refractivity contribution in [3.8, 4) is 5.75 Å². The molecule has 244 valence electrons. The van der Waals surface area contributed by atoms with Gasteiger partial charge in [0.15, 0.2) is 0 Å². The van der Waals surface area contributed by atoms with Gasteiger partial charge in [-0.05, 0) is 39.3 Å². The van der Waals surface area contributed by atoms with Gasteiger partial charge in [-0.3, -0.25) is 34.2 Å². The lowest BCUT2D eigenvalue weighted by Crippen LogP contribution is -2.54. The van der Waals surface area contributed by atoms with Crippen molar-refractivity contribution >= 4 is 29.6 Å². The fourth-order valence-electron chi connectivity index (χ4n) is 4.34. The highest BCUT2D eigenvalue weighted by atomic mass is 16.6. The molecule has 1 atom stereocenters. The third kappa shape index (κ3) is 11.2. The van der Waals surface area contributed by atoms with E-state index in [2.05, 4.69) is 5.32 Å². The van der Waals surface area contributed by atoms with Crippen LogP contribution in [0.5, 0.6) is 5.75 Å². The van der Waals surface area contributed by atoms with Gasteiger partial charge in [0.2, 0.25) is 11.8 Å². The van der Waals surface area contributed by atoms with Crippen molar-refractivity contribution in [2.75, 3.05) is 72.7 Å². The Morgan fingerprint density at radius 3 is 1.89 bits per heavy atom. The van der Waals surface area contributed by atoms with Crippen LogP contribution in [0.25, 0.3) is 0 Å². The maximum atomic E-state index is 13.1. The SMILES string of the molecule is CC(C)(C)OC(=O)CCOCCOCCOCCOCCOCCOc1cccc2c1C(=O)N(C1CCC(=O)NC1=O)C2=O. The smallest absolute Gasteiger partial charge is 0.308 e. The Kier molecular flexibility index (Phi) is 14.1. The molecule has 0 saturated carbocycles. The molecule has 44 heavy (non-hydrogen) atoms. The number of benzene rings is 1. The second-order valence-corrected chi connectivity index (χ2v) is 10.9. The van der Waals surface area contributed by atoms with Gasteiger partial charge in [0.05, 0.1) is 83.6 Å². The molecular weight excluding hydrogens is 580 g/mol. The Hall–Kier alpha value is -3.43. The predicted molar refractivity (Wildman–Crippen MR) is 153 cm³/mol. The Morgan fingerprint density at radius 1 is 0.795 bits per heavy atom. The molecule has 2 heterocycles. The summed E-state index contributed by atoms with van der Waals surface area (Å²) in [5.41, 5.74) is -0.247. The lowest BCUT2D eigenvalue weighted by atomic mass is 10.0. The number of carbonyl (C=O) groups excluding carboxylic acids is 5. The number of carbonyl (C=O) groups is 5. The number of hydrogen-bond acceptors (Lipinski definition) is 12. The van der Waals surface area contributed by atoms with Crippen LogP contribution >= 0.6 is 0 Å². The van der Waals surface area contributed by atoms with E-state index >= 15 is 0 Å². The van der Waals surface area contributed by atoms with Crippen molar-refractivity contribution in [1.29, 1.82) is 0 Å². The molecular formula is C30H42N2O12. The molecule has 1 aromatic carbocycles. The Bertz CT molecular complexity index is 1150. The molecule has 0 aromatic heterocycles. The van der Waals surface area contributed by atoms with Crippen LogP contribution in [0.4, 0.5) is 0 Å². The fraction of sp³-hybridized carbons (Fsp3) is 0.633. The molecule has 14 nitrogen and oxygen atoms in total. The minimum Gasteiger partial charge on any atom is -0.490 e. The highest BCUT2D eigenvalue weighted by molar-refractivity contribution is 6.24. The van der Waals surface area contributed by atoms with Crippen molar-refractivity contribution in [1.82, 2.24) is 10.2 Å². The van der Waals surface area contributed by atoms with Crippen LogP contribution in [-0.4, -0.2) is 119 Å². The lowest BCUT2D eigenvalue weighted by Gasteiger charge is -2.27. The molecule has 0 bridgehead atoms. The summed E-state index contributed by atoms with van der Waals surface area (Å²) < 4.78 is 38.1. The van der Waals surface area contributed by atoms with Crippen LogP contribution in [0.2, 0.25) is 0 Å². The number of ether oxygens (including phenoxy) is 7. The third-order valence-electron chi connectivity index (χ3n) is 6.27. The largest absolute Gasteiger partial charge is 0.490 e. The summed E-state index contributed by atoms with van der Waals surface area (Å²) in [5.74, 6) is -2.38. The summed E-state index contributed by atoms with van der Waals surface area (Å²) in [6.07, 6.45) is 0.336. The zero-order valence-electron chi connectivity index (χ0n) is 25.6. The van der Waals surface area contributed by atoms with Gasteiger partial charge in [-0.1, -0.05) is 6.07 Å². The lowest BCUT2D eigenvalue weighted by molar-refractivity contribution is -0.156. The summed E-state index contributed by atoms with van der Waals surface area (Å²) in [6, 6.07) is 3.65. The zero-order valence-corrected chi connectivity index (χ0v) is 25.6. The molecule has 2 aliphatic heterocycles. The average molecular weight is 623 g/mol. The summed E-state index contributed by atoms with van der Waals surface area (Å²) >= 11 is 0. The fourth-order valence-corrected chi connectivity index (χ4v) is 4.34. The van der Waals surface area contributed by atoms with E-state index in [0.29, 0.717) is 52.9 Å². The quantitative estimate of drug-likeness (QED) is 0.126. The van der Waals surface area contributed by atoms with Crippen LogP contribution in [0, 0.1) is 0 Å². The normalized spacial score (nSPS) is 16.7. The van der Waals surface area contributed by atoms with Crippen molar-refractivity contribution in [3.05, 3.63) is 29.3 Å². The van der Waals surface area contributed by atoms with Crippen LogP contribution in [0.3, 0.4) is 0 Å². The number of rotatable bonds is 20. The molecule has 1 fully saturated rings. The number of nitrogens with zero attached hydrogens (tertiary/aromatic N) is 1. The summed E-state index contributed by atoms with van der Waals surface area (Å²) in [4.78, 5) is 62.1. The first-order valence-corrected chi connectivity index (χ1v) is 14.7. The molecule has 1 N–H and O–H groups in total. The maximum absolute atomic E-state index is 13.1. The van der Waals surface area contributed by atoms with Gasteiger partial charge in [-0.2, -0.15) is 0 Å². The molecule has 1 unspecified atom stereocenters. The Labute approximate surface area is 256 Å². The van der Waals surface area contributed by atoms with E-state index in [-0.39, 0.29) is 61.9 Å². The topological polar surface area (TPSA) is 165 Å². The first-order valence-electron chi connectivity index (χ1n) is 14.7. The van der Waals surface area contributed by atoms with Crippen LogP contribution in [-0.2, 0) is 42.8 Å². The molecule has 14 heteroatoms. The number of amides is 4. The van der Waals surface area contributed by atoms with Crippen LogP contribution in [0.1, 0.15) is 60.7 Å². The third-order valence-corrected chi connectivity index (χ3v) is 6.27. The first-order chi connectivity index (χ1) is 21.1. The summed E-state index contributed by atoms with van der Waals surface area (Å²) in [6.45, 7) is 9.19. The van der Waals surface area contributed by atoms with E-state index < -0.39 is 35.3 Å². The molecule has 0 aliphatic carbocycles. The first kappa shape index (κ1) is 35.1. The molecule has 2 aliphatic rings. The molecule has 1 aromatic rings. The van der Waals surface area contributed by atoms with Gasteiger partial charge in [-0.25, -0.2) is 0 Å². The van der Waals surface area contributed by atoms with E-state index in [0.717, 1.165) is 4.90 Å². The summed E-state index contributed by atoms with van der Waals surface area (Å²) in [5, 5.41) is 2.17. The number of fused-ring (bicyclic) bond motifs is 1. The second-order valence-electron chi connectivity index (χ2n) is 10.9. The summed E-state index contributed by atoms with van der Waals surface area (Å²) in [7, 11) is 0. The molecule has 1 saturated heterocycles. The minimum atomic E-state index is -1.04. The molecule has 3 rings (SSSR count). The Morgan fingerprint density at radius 2 is 1.34 bits per heavy atom. The van der Waals surface area contributed by atoms with Crippen molar-refractivity contribution < 1.29 is 57.1 Å². The van der Waals surface area contributed by atoms with Crippen LogP contribution < -0.4 is 10.1 Å². The number of hydrogen-bond donors (Lipinski definition) is 1. The van der Waals surface area contributed by atoms with Gasteiger partial charge in [0, 0.05) is 6.42 Å². The molecule has 0 spiro atoms. The highest BCUT2D eigenvalue weighted by Crippen LogP contribution is 2.33. The van der Waals surface area contributed by atoms with Crippen molar-refractivity contribution in [2.45, 2.75) is 51.7 Å². The predicted octanol–water partition coefficient (Wildman–Crippen LogP) is 1.28. The Balaban J connectivity index is 1.17. The van der Waals surface area contributed by atoms with E-state index in [1.54, 1.807) is 12.1 Å². The molecule has 0 radical (unpaired) electrons. The van der Waals surface area contributed by atoms with E-state index in [1.165, 1.54) is 6.07 Å². The molecule has 4 amide bonds. The van der Waals surface area contributed by atoms with E-state index in [9.17, 15) is 24.0 Å². The van der Waals surface area contributed by atoms with Crippen molar-refractivity contribution in [3.63, 3.8) is 0 Å². The monoisotopic (exact) mass is 622 g/mol. The van der Waals surface area contributed by atoms with Gasteiger partial charge >= 0.3 is 5.97 Å². The van der Waals surface area contributed by atoms with Crippen LogP contribution in [0.15, 0.2) is 18.2 Å². The zero-order chi connectivity index (χ0) is 32.0. The second kappa shape index (κ2) is 17.8. The van der Waals surface area contributed by atoms with Gasteiger partial charge in [-0.15, -0.1) is 0 Å². The highest BCUT2D eigenvalue weighted by Gasteiger charge is 2.46. The van der Waals surface area contributed by atoms with Gasteiger partial charge in [0.1, 0.15) is 24.0 Å². The number of nitrogens with one attached hydrogen (secondary N) is 1. The van der Waals surface area contributed by atoms with Gasteiger partial charge < -0.3 is 33.2 Å². The average Bonchev–Trinajstić information content (AvgIpc) is 3.21. The standard InChI is InChI=1S/C30H42N2O12/c1-30(2,3)44-25(34)9-10-38-11-12-39-13-14-40-15-16-41-17-18-42-19-20-43-23-6-4-5-21-26(23)29(37)32(28(21)36)22-7-8-24(33)31-27(22)35/h4-6,22H,7-20H2,1-3H3,(H,31,33,35). The number of esters is 1. The van der Waals surface area contributed by atoms with Gasteiger partial charge in [0.25, 0.3) is 11.8 Å². The number of piperidine rings is 1. The van der Waals surface area contributed by atoms with Crippen molar-refractivity contribution in [2.24, 2.45) is 0 Å². The minimum absolute atomic E-state index is 0.0499. The maximum Gasteiger partial charge on any atom is 0.308 e.